The highest BCUT2D eigenvalue weighted by atomic mass is 16.1. The van der Waals surface area contributed by atoms with Crippen LogP contribution in [0.25, 0.3) is 0 Å². The fourth-order valence-corrected chi connectivity index (χ4v) is 5.26. The highest BCUT2D eigenvalue weighted by molar-refractivity contribution is 5.98. The molecule has 10 nitrogen and oxygen atoms in total. The fraction of sp³-hybridized carbons (Fsp3) is 0.552. The zero-order valence-electron chi connectivity index (χ0n) is 22.8. The van der Waals surface area contributed by atoms with Crippen LogP contribution in [0.4, 0.5) is 11.8 Å². The lowest BCUT2D eigenvalue weighted by molar-refractivity contribution is 0.0909. The first-order valence-electron chi connectivity index (χ1n) is 14.5. The summed E-state index contributed by atoms with van der Waals surface area (Å²) in [5.41, 5.74) is 2.88. The molecule has 0 atom stereocenters. The summed E-state index contributed by atoms with van der Waals surface area (Å²) in [4.78, 5) is 24.9. The zero-order chi connectivity index (χ0) is 26.7. The number of anilines is 2. The van der Waals surface area contributed by atoms with Crippen molar-refractivity contribution in [1.82, 2.24) is 35.2 Å². The van der Waals surface area contributed by atoms with Gasteiger partial charge in [0, 0.05) is 57.7 Å². The van der Waals surface area contributed by atoms with Crippen molar-refractivity contribution < 1.29 is 4.79 Å². The third-order valence-electron chi connectivity index (χ3n) is 7.54. The number of carbonyl (C=O) groups is 1. The zero-order valence-corrected chi connectivity index (χ0v) is 22.8. The molecule has 1 amide bonds. The van der Waals surface area contributed by atoms with Crippen LogP contribution in [0.5, 0.6) is 0 Å². The SMILES string of the molecule is O=C(NC1CCN(Cc2ccccc2)CC1)c1cnc2nc1NCCCCc1cn(nn1)CCCCCCN2. The van der Waals surface area contributed by atoms with Crippen LogP contribution in [0, 0.1) is 0 Å². The average Bonchev–Trinajstić information content (AvgIpc) is 3.41. The molecule has 0 aliphatic carbocycles. The van der Waals surface area contributed by atoms with Crippen molar-refractivity contribution in [3.05, 3.63) is 59.5 Å². The van der Waals surface area contributed by atoms with Crippen molar-refractivity contribution in [1.29, 1.82) is 0 Å². The number of benzene rings is 1. The largest absolute Gasteiger partial charge is 0.369 e. The molecular formula is C29H41N9O. The van der Waals surface area contributed by atoms with Gasteiger partial charge in [0.25, 0.3) is 5.91 Å². The molecule has 0 radical (unpaired) electrons. The predicted octanol–water partition coefficient (Wildman–Crippen LogP) is 3.88. The monoisotopic (exact) mass is 531 g/mol. The molecule has 208 valence electrons. The first kappa shape index (κ1) is 27.1. The highest BCUT2D eigenvalue weighted by Crippen LogP contribution is 2.18. The summed E-state index contributed by atoms with van der Waals surface area (Å²) in [5, 5.41) is 18.6. The van der Waals surface area contributed by atoms with Crippen LogP contribution in [0.3, 0.4) is 0 Å². The quantitative estimate of drug-likeness (QED) is 0.465. The van der Waals surface area contributed by atoms with E-state index in [2.05, 4.69) is 72.7 Å². The number of fused-ring (bicyclic) bond motifs is 4. The molecule has 0 unspecified atom stereocenters. The maximum atomic E-state index is 13.3. The summed E-state index contributed by atoms with van der Waals surface area (Å²) < 4.78 is 1.96. The smallest absolute Gasteiger partial charge is 0.256 e. The number of piperidine rings is 1. The molecule has 39 heavy (non-hydrogen) atoms. The molecule has 5 rings (SSSR count). The molecule has 10 heteroatoms. The average molecular weight is 532 g/mol. The number of aromatic nitrogens is 5. The minimum Gasteiger partial charge on any atom is -0.369 e. The fourth-order valence-electron chi connectivity index (χ4n) is 5.26. The van der Waals surface area contributed by atoms with Crippen LogP contribution in [0.2, 0.25) is 0 Å². The van der Waals surface area contributed by atoms with Gasteiger partial charge in [-0.05, 0) is 50.5 Å². The second-order valence-electron chi connectivity index (χ2n) is 10.7. The Morgan fingerprint density at radius 2 is 1.74 bits per heavy atom. The Morgan fingerprint density at radius 1 is 0.949 bits per heavy atom. The minimum atomic E-state index is -0.107. The van der Waals surface area contributed by atoms with Crippen LogP contribution < -0.4 is 16.0 Å². The van der Waals surface area contributed by atoms with Gasteiger partial charge in [-0.1, -0.05) is 48.4 Å². The molecule has 4 heterocycles. The topological polar surface area (TPSA) is 113 Å². The number of hydrogen-bond acceptors (Lipinski definition) is 8. The summed E-state index contributed by atoms with van der Waals surface area (Å²) in [7, 11) is 0. The predicted molar refractivity (Wildman–Crippen MR) is 153 cm³/mol. The number of aryl methyl sites for hydroxylation is 2. The van der Waals surface area contributed by atoms with Crippen molar-refractivity contribution in [3.8, 4) is 0 Å². The molecule has 3 N–H and O–H groups in total. The Balaban J connectivity index is 1.17. The summed E-state index contributed by atoms with van der Waals surface area (Å²) in [6.07, 6.45) is 12.9. The van der Waals surface area contributed by atoms with Crippen molar-refractivity contribution in [3.63, 3.8) is 0 Å². The van der Waals surface area contributed by atoms with Gasteiger partial charge in [0.15, 0.2) is 0 Å². The number of hydrogen-bond donors (Lipinski definition) is 3. The number of rotatable bonds is 4. The minimum absolute atomic E-state index is 0.107. The van der Waals surface area contributed by atoms with E-state index in [9.17, 15) is 4.79 Å². The van der Waals surface area contributed by atoms with Crippen LogP contribution in [-0.4, -0.2) is 68.0 Å². The maximum Gasteiger partial charge on any atom is 0.256 e. The van der Waals surface area contributed by atoms with E-state index in [4.69, 9.17) is 4.98 Å². The third kappa shape index (κ3) is 8.23. The Bertz CT molecular complexity index is 1170. The summed E-state index contributed by atoms with van der Waals surface area (Å²) >= 11 is 0. The molecule has 1 fully saturated rings. The summed E-state index contributed by atoms with van der Waals surface area (Å²) in [6, 6.07) is 10.7. The lowest BCUT2D eigenvalue weighted by atomic mass is 10.0. The number of amides is 1. The first-order chi connectivity index (χ1) is 19.2. The normalized spacial score (nSPS) is 18.3. The van der Waals surface area contributed by atoms with Crippen molar-refractivity contribution in [2.75, 3.05) is 36.8 Å². The lowest BCUT2D eigenvalue weighted by Gasteiger charge is -2.32. The van der Waals surface area contributed by atoms with Gasteiger partial charge in [0.2, 0.25) is 5.95 Å². The molecular weight excluding hydrogens is 490 g/mol. The van der Waals surface area contributed by atoms with Gasteiger partial charge in [0.05, 0.1) is 5.69 Å². The second-order valence-corrected chi connectivity index (χ2v) is 10.7. The van der Waals surface area contributed by atoms with Gasteiger partial charge < -0.3 is 16.0 Å². The van der Waals surface area contributed by atoms with Gasteiger partial charge in [-0.3, -0.25) is 14.4 Å². The van der Waals surface area contributed by atoms with Crippen LogP contribution in [0.15, 0.2) is 42.7 Å². The Hall–Kier alpha value is -3.53. The van der Waals surface area contributed by atoms with E-state index in [1.807, 2.05) is 4.68 Å². The van der Waals surface area contributed by atoms with Gasteiger partial charge in [0.1, 0.15) is 11.4 Å². The molecule has 4 bridgehead atoms. The lowest BCUT2D eigenvalue weighted by Crippen LogP contribution is -2.44. The maximum absolute atomic E-state index is 13.3. The first-order valence-corrected chi connectivity index (χ1v) is 14.5. The van der Waals surface area contributed by atoms with E-state index >= 15 is 0 Å². The number of carbonyl (C=O) groups excluding carboxylic acids is 1. The van der Waals surface area contributed by atoms with E-state index in [0.29, 0.717) is 17.3 Å². The molecule has 1 aromatic carbocycles. The van der Waals surface area contributed by atoms with Gasteiger partial charge in [-0.15, -0.1) is 5.10 Å². The molecule has 0 saturated carbocycles. The van der Waals surface area contributed by atoms with E-state index < -0.39 is 0 Å². The van der Waals surface area contributed by atoms with Crippen LogP contribution in [-0.2, 0) is 19.5 Å². The third-order valence-corrected chi connectivity index (χ3v) is 7.54. The summed E-state index contributed by atoms with van der Waals surface area (Å²) in [6.45, 7) is 5.35. The van der Waals surface area contributed by atoms with Crippen molar-refractivity contribution >= 4 is 17.7 Å². The Labute approximate surface area is 231 Å². The second kappa shape index (κ2) is 14.0. The Morgan fingerprint density at radius 3 is 2.62 bits per heavy atom. The highest BCUT2D eigenvalue weighted by Gasteiger charge is 2.23. The van der Waals surface area contributed by atoms with Crippen LogP contribution >= 0.6 is 0 Å². The van der Waals surface area contributed by atoms with Gasteiger partial charge >= 0.3 is 0 Å². The van der Waals surface area contributed by atoms with E-state index in [-0.39, 0.29) is 11.9 Å². The van der Waals surface area contributed by atoms with Crippen LogP contribution in [0.1, 0.15) is 73.0 Å². The molecule has 2 aliphatic rings. The van der Waals surface area contributed by atoms with Gasteiger partial charge in [-0.2, -0.15) is 4.98 Å². The van der Waals surface area contributed by atoms with E-state index in [0.717, 1.165) is 103 Å². The number of likely N-dealkylation sites (tertiary alicyclic amines) is 1. The Kier molecular flexibility index (Phi) is 9.73. The van der Waals surface area contributed by atoms with Gasteiger partial charge in [-0.25, -0.2) is 4.98 Å². The summed E-state index contributed by atoms with van der Waals surface area (Å²) in [5.74, 6) is 1.05. The number of nitrogens with one attached hydrogen (secondary N) is 3. The van der Waals surface area contributed by atoms with E-state index in [1.165, 1.54) is 5.56 Å². The molecule has 2 aliphatic heterocycles. The molecule has 1 saturated heterocycles. The van der Waals surface area contributed by atoms with Crippen molar-refractivity contribution in [2.24, 2.45) is 0 Å². The van der Waals surface area contributed by atoms with E-state index in [1.54, 1.807) is 6.20 Å². The molecule has 2 aromatic heterocycles. The molecule has 0 spiro atoms. The standard InChI is InChI=1S/C29H41N9O/c39-28(33-24-13-18-37(19-14-24)21-23-10-4-3-5-11-23)26-20-32-29-31-16-7-1-2-9-17-38-22-25(35-36-38)12-6-8-15-30-27(26)34-29/h3-5,10-11,20,22,24H,1-2,6-9,12-19,21H2,(H,33,39)(H2,30,31,32,34). The van der Waals surface area contributed by atoms with Crippen molar-refractivity contribution in [2.45, 2.75) is 76.9 Å². The number of nitrogens with zero attached hydrogens (tertiary/aromatic N) is 6. The molecule has 3 aromatic rings.